The molecule has 2 aromatic carbocycles. The van der Waals surface area contributed by atoms with Crippen LogP contribution in [0.2, 0.25) is 0 Å². The van der Waals surface area contributed by atoms with Crippen molar-refractivity contribution in [1.82, 2.24) is 4.90 Å². The lowest BCUT2D eigenvalue weighted by Crippen LogP contribution is -2.60. The van der Waals surface area contributed by atoms with Gasteiger partial charge in [-0.2, -0.15) is 0 Å². The van der Waals surface area contributed by atoms with Gasteiger partial charge in [0.15, 0.2) is 9.75 Å². The predicted molar refractivity (Wildman–Crippen MR) is 157 cm³/mol. The SMILES string of the molecule is C=Cc1ccc(N2C(=O)[C@H]3[C@H](CC=C4[C@H]3C[C@@]3(Cl)C(=O)N(CBr)C(=O)[C@@]3(Cl)[C@H]4c3c(O)cccc3OC)C2=O)cc1. The number of fused-ring (bicyclic) bond motifs is 4. The second-order valence-electron chi connectivity index (χ2n) is 10.7. The Labute approximate surface area is 254 Å². The fourth-order valence-corrected chi connectivity index (χ4v) is 8.49. The third-order valence-corrected chi connectivity index (χ3v) is 10.9. The predicted octanol–water partition coefficient (Wildman–Crippen LogP) is 4.96. The molecule has 2 aliphatic carbocycles. The Kier molecular flexibility index (Phi) is 6.63. The molecule has 0 aromatic heterocycles. The number of carbonyl (C=O) groups excluding carboxylic acids is 4. The first-order valence-electron chi connectivity index (χ1n) is 13.0. The Hall–Kier alpha value is -3.14. The Bertz CT molecular complexity index is 1560. The van der Waals surface area contributed by atoms with E-state index in [9.17, 15) is 24.3 Å². The molecular formula is C30H25BrCl2N2O6. The van der Waals surface area contributed by atoms with Gasteiger partial charge in [0, 0.05) is 11.5 Å². The third-order valence-electron chi connectivity index (χ3n) is 8.95. The van der Waals surface area contributed by atoms with Gasteiger partial charge in [-0.1, -0.05) is 58.4 Å². The number of hydrogen-bond acceptors (Lipinski definition) is 6. The van der Waals surface area contributed by atoms with Crippen LogP contribution in [-0.4, -0.2) is 55.9 Å². The van der Waals surface area contributed by atoms with Gasteiger partial charge in [-0.05, 0) is 48.6 Å². The highest BCUT2D eigenvalue weighted by molar-refractivity contribution is 9.09. The summed E-state index contributed by atoms with van der Waals surface area (Å²) in [5.41, 5.74) is 1.89. The monoisotopic (exact) mass is 658 g/mol. The van der Waals surface area contributed by atoms with E-state index in [0.717, 1.165) is 10.5 Å². The average Bonchev–Trinajstić information content (AvgIpc) is 3.31. The largest absolute Gasteiger partial charge is 0.508 e. The van der Waals surface area contributed by atoms with Crippen LogP contribution in [0.3, 0.4) is 0 Å². The summed E-state index contributed by atoms with van der Waals surface area (Å²) >= 11 is 17.7. The molecule has 1 N–H and O–H groups in total. The Morgan fingerprint density at radius 2 is 1.78 bits per heavy atom. The maximum atomic E-state index is 14.1. The number of imide groups is 2. The molecule has 11 heteroatoms. The topological polar surface area (TPSA) is 104 Å². The number of halogens is 3. The Balaban J connectivity index is 1.54. The van der Waals surface area contributed by atoms with Crippen LogP contribution < -0.4 is 9.64 Å². The van der Waals surface area contributed by atoms with Gasteiger partial charge in [-0.15, -0.1) is 23.2 Å². The molecule has 3 fully saturated rings. The van der Waals surface area contributed by atoms with Crippen LogP contribution in [0, 0.1) is 17.8 Å². The molecule has 0 unspecified atom stereocenters. The smallest absolute Gasteiger partial charge is 0.254 e. The van der Waals surface area contributed by atoms with Crippen LogP contribution in [0.4, 0.5) is 5.69 Å². The molecule has 4 amide bonds. The van der Waals surface area contributed by atoms with Gasteiger partial charge in [0.05, 0.1) is 30.1 Å². The number of aromatic hydroxyl groups is 1. The van der Waals surface area contributed by atoms with E-state index in [2.05, 4.69) is 22.5 Å². The Morgan fingerprint density at radius 3 is 2.41 bits per heavy atom. The van der Waals surface area contributed by atoms with Crippen LogP contribution in [0.5, 0.6) is 11.5 Å². The van der Waals surface area contributed by atoms with Crippen molar-refractivity contribution in [2.24, 2.45) is 17.8 Å². The van der Waals surface area contributed by atoms with Crippen molar-refractivity contribution in [3.8, 4) is 11.5 Å². The molecule has 0 radical (unpaired) electrons. The molecule has 2 aliphatic heterocycles. The minimum Gasteiger partial charge on any atom is -0.508 e. The van der Waals surface area contributed by atoms with Gasteiger partial charge in [0.25, 0.3) is 11.8 Å². The van der Waals surface area contributed by atoms with E-state index in [-0.39, 0.29) is 41.3 Å². The number of alkyl halides is 3. The van der Waals surface area contributed by atoms with Crippen LogP contribution >= 0.6 is 39.1 Å². The van der Waals surface area contributed by atoms with Crippen LogP contribution in [0.15, 0.2) is 60.7 Å². The molecule has 2 saturated heterocycles. The molecular weight excluding hydrogens is 635 g/mol. The maximum Gasteiger partial charge on any atom is 0.254 e. The fraction of sp³-hybridized carbons (Fsp3) is 0.333. The highest BCUT2D eigenvalue weighted by Gasteiger charge is 2.76. The van der Waals surface area contributed by atoms with Crippen molar-refractivity contribution < 1.29 is 29.0 Å². The molecule has 6 atom stereocenters. The van der Waals surface area contributed by atoms with Crippen molar-refractivity contribution >= 4 is 74.5 Å². The summed E-state index contributed by atoms with van der Waals surface area (Å²) < 4.78 is 5.58. The van der Waals surface area contributed by atoms with E-state index in [1.807, 2.05) is 6.08 Å². The maximum absolute atomic E-state index is 14.1. The highest BCUT2D eigenvalue weighted by atomic mass is 79.9. The first kappa shape index (κ1) is 28.0. The summed E-state index contributed by atoms with van der Waals surface area (Å²) in [6.45, 7) is 3.74. The number of likely N-dealkylation sites (tertiary alicyclic amines) is 1. The zero-order valence-corrected chi connectivity index (χ0v) is 24.9. The summed E-state index contributed by atoms with van der Waals surface area (Å²) in [4.78, 5) is 53.5. The van der Waals surface area contributed by atoms with E-state index < -0.39 is 51.1 Å². The van der Waals surface area contributed by atoms with Gasteiger partial charge in [0.2, 0.25) is 11.8 Å². The van der Waals surface area contributed by atoms with Crippen molar-refractivity contribution in [3.63, 3.8) is 0 Å². The number of anilines is 1. The highest BCUT2D eigenvalue weighted by Crippen LogP contribution is 2.67. The second-order valence-corrected chi connectivity index (χ2v) is 12.4. The number of amides is 4. The standard InChI is InChI=1S/C30H25BrCl2N2O6/c1-3-15-7-9-16(10-8-15)35-25(37)18-12-11-17-19(22(18)26(35)38)13-29(32)27(39)34(14-31)28(40)30(29,33)24(17)23-20(36)5-4-6-21(23)41-2/h3-11,18-19,22,24,36H,1,12-14H2,2H3/t18-,19+,22-,24+,29+,30-/m0/s1. The molecule has 0 bridgehead atoms. The van der Waals surface area contributed by atoms with Gasteiger partial charge < -0.3 is 9.84 Å². The Morgan fingerprint density at radius 1 is 1.07 bits per heavy atom. The number of rotatable bonds is 5. The van der Waals surface area contributed by atoms with Crippen molar-refractivity contribution in [1.29, 1.82) is 0 Å². The van der Waals surface area contributed by atoms with Crippen molar-refractivity contribution in [3.05, 3.63) is 71.8 Å². The molecule has 41 heavy (non-hydrogen) atoms. The number of phenolic OH excluding ortho intramolecular Hbond substituents is 1. The lowest BCUT2D eigenvalue weighted by Gasteiger charge is -2.50. The number of hydrogen-bond donors (Lipinski definition) is 1. The van der Waals surface area contributed by atoms with Gasteiger partial charge >= 0.3 is 0 Å². The summed E-state index contributed by atoms with van der Waals surface area (Å²) in [7, 11) is 1.42. The minimum absolute atomic E-state index is 0.139. The first-order valence-corrected chi connectivity index (χ1v) is 14.9. The van der Waals surface area contributed by atoms with Crippen LogP contribution in [0.1, 0.15) is 29.9 Å². The number of benzene rings is 2. The molecule has 212 valence electrons. The summed E-state index contributed by atoms with van der Waals surface area (Å²) in [6.07, 6.45) is 3.54. The number of ether oxygens (including phenoxy) is 1. The molecule has 8 nitrogen and oxygen atoms in total. The molecule has 1 saturated carbocycles. The quantitative estimate of drug-likeness (QED) is 0.211. The lowest BCUT2D eigenvalue weighted by molar-refractivity contribution is -0.138. The fourth-order valence-electron chi connectivity index (χ4n) is 7.08. The van der Waals surface area contributed by atoms with E-state index in [4.69, 9.17) is 27.9 Å². The molecule has 2 heterocycles. The van der Waals surface area contributed by atoms with Gasteiger partial charge in [0.1, 0.15) is 11.5 Å². The number of carbonyl (C=O) groups is 4. The van der Waals surface area contributed by atoms with Gasteiger partial charge in [-0.3, -0.25) is 29.0 Å². The zero-order chi connectivity index (χ0) is 29.4. The minimum atomic E-state index is -2.04. The van der Waals surface area contributed by atoms with E-state index >= 15 is 0 Å². The first-order chi connectivity index (χ1) is 19.5. The van der Waals surface area contributed by atoms with E-state index in [0.29, 0.717) is 11.3 Å². The molecule has 2 aromatic rings. The summed E-state index contributed by atoms with van der Waals surface area (Å²) in [5.74, 6) is -5.52. The number of phenols is 1. The van der Waals surface area contributed by atoms with Crippen molar-refractivity contribution in [2.45, 2.75) is 28.5 Å². The molecule has 6 rings (SSSR count). The number of methoxy groups -OCH3 is 1. The van der Waals surface area contributed by atoms with E-state index in [1.165, 1.54) is 18.1 Å². The van der Waals surface area contributed by atoms with Crippen molar-refractivity contribution in [2.75, 3.05) is 17.5 Å². The normalized spacial score (nSPS) is 32.4. The average molecular weight is 660 g/mol. The summed E-state index contributed by atoms with van der Waals surface area (Å²) in [6, 6.07) is 11.5. The van der Waals surface area contributed by atoms with Crippen LogP contribution in [0.25, 0.3) is 6.08 Å². The third kappa shape index (κ3) is 3.58. The molecule has 0 spiro atoms. The number of nitrogens with zero attached hydrogens (tertiary/aromatic N) is 2. The molecule has 4 aliphatic rings. The van der Waals surface area contributed by atoms with Gasteiger partial charge in [-0.25, -0.2) is 0 Å². The second kappa shape index (κ2) is 9.71. The van der Waals surface area contributed by atoms with Crippen LogP contribution in [-0.2, 0) is 19.2 Å². The summed E-state index contributed by atoms with van der Waals surface area (Å²) in [5, 5.41) is 11.1. The van der Waals surface area contributed by atoms with E-state index in [1.54, 1.807) is 42.5 Å². The number of allylic oxidation sites excluding steroid dienone is 2. The lowest BCUT2D eigenvalue weighted by atomic mass is 9.56. The zero-order valence-electron chi connectivity index (χ0n) is 21.9.